The Morgan fingerprint density at radius 2 is 1.58 bits per heavy atom. The molecule has 0 radical (unpaired) electrons. The van der Waals surface area contributed by atoms with Crippen molar-refractivity contribution < 1.29 is 9.13 Å². The summed E-state index contributed by atoms with van der Waals surface area (Å²) in [7, 11) is 0. The van der Waals surface area contributed by atoms with Crippen molar-refractivity contribution in [2.45, 2.75) is 38.2 Å². The molecule has 2 aliphatic carbocycles. The summed E-state index contributed by atoms with van der Waals surface area (Å²) < 4.78 is 20.7. The summed E-state index contributed by atoms with van der Waals surface area (Å²) in [5, 5.41) is 0. The molecule has 0 aromatic heterocycles. The topological polar surface area (TPSA) is 9.23 Å². The van der Waals surface area contributed by atoms with E-state index in [-0.39, 0.29) is 5.82 Å². The van der Waals surface area contributed by atoms with Crippen molar-refractivity contribution in [2.24, 2.45) is 0 Å². The summed E-state index contributed by atoms with van der Waals surface area (Å²) in [6.45, 7) is 0.573. The minimum Gasteiger partial charge on any atom is -0.489 e. The second-order valence-corrected chi connectivity index (χ2v) is 7.46. The van der Waals surface area contributed by atoms with Gasteiger partial charge in [0.25, 0.3) is 0 Å². The average Bonchev–Trinajstić information content (AvgIpc) is 2.68. The van der Waals surface area contributed by atoms with Crippen molar-refractivity contribution in [2.75, 3.05) is 0 Å². The van der Waals surface area contributed by atoms with Gasteiger partial charge in [-0.3, -0.25) is 0 Å². The lowest BCUT2D eigenvalue weighted by Crippen LogP contribution is -2.13. The fourth-order valence-electron chi connectivity index (χ4n) is 4.34. The van der Waals surface area contributed by atoms with Crippen molar-refractivity contribution in [3.63, 3.8) is 0 Å². The number of benzene rings is 3. The monoisotopic (exact) mass is 344 g/mol. The number of ether oxygens (including phenoxy) is 1. The van der Waals surface area contributed by atoms with Gasteiger partial charge in [-0.15, -0.1) is 0 Å². The molecule has 2 heterocycles. The Bertz CT molecular complexity index is 958. The molecule has 0 spiro atoms. The summed E-state index contributed by atoms with van der Waals surface area (Å²) in [5.41, 5.74) is 6.99. The second kappa shape index (κ2) is 6.28. The third-order valence-electron chi connectivity index (χ3n) is 5.75. The van der Waals surface area contributed by atoms with Gasteiger partial charge in [-0.25, -0.2) is 4.39 Å². The normalized spacial score (nSPS) is 18.1. The first-order valence-electron chi connectivity index (χ1n) is 9.36. The molecule has 130 valence electrons. The number of rotatable bonds is 0. The third-order valence-corrected chi connectivity index (χ3v) is 5.75. The Kier molecular flexibility index (Phi) is 3.77. The van der Waals surface area contributed by atoms with Crippen LogP contribution in [0.2, 0.25) is 0 Å². The van der Waals surface area contributed by atoms with Gasteiger partial charge in [0.15, 0.2) is 0 Å². The van der Waals surface area contributed by atoms with Gasteiger partial charge >= 0.3 is 0 Å². The predicted molar refractivity (Wildman–Crippen MR) is 101 cm³/mol. The first-order valence-corrected chi connectivity index (χ1v) is 9.36. The Labute approximate surface area is 153 Å². The molecule has 7 rings (SSSR count). The van der Waals surface area contributed by atoms with Crippen LogP contribution >= 0.6 is 0 Å². The Balaban J connectivity index is 1.69. The molecule has 2 aliphatic heterocycles. The third kappa shape index (κ3) is 2.80. The molecule has 4 aliphatic rings. The Morgan fingerprint density at radius 3 is 2.42 bits per heavy atom. The van der Waals surface area contributed by atoms with Crippen molar-refractivity contribution in [3.05, 3.63) is 99.9 Å². The maximum atomic E-state index is 14.5. The fraction of sp³-hybridized carbons (Fsp3) is 0.250. The fourth-order valence-corrected chi connectivity index (χ4v) is 4.34. The maximum absolute atomic E-state index is 14.5. The van der Waals surface area contributed by atoms with Crippen molar-refractivity contribution in [1.82, 2.24) is 0 Å². The number of aryl methyl sites for hydroxylation is 1. The van der Waals surface area contributed by atoms with Crippen LogP contribution in [-0.4, -0.2) is 0 Å². The summed E-state index contributed by atoms with van der Waals surface area (Å²) in [5.74, 6) is 1.20. The zero-order valence-electron chi connectivity index (χ0n) is 14.7. The molecule has 3 aromatic rings. The summed E-state index contributed by atoms with van der Waals surface area (Å²) in [6, 6.07) is 20.9. The molecule has 8 bridgehead atoms. The minimum absolute atomic E-state index is 0.0728. The van der Waals surface area contributed by atoms with Gasteiger partial charge in [0.1, 0.15) is 18.2 Å². The van der Waals surface area contributed by atoms with E-state index in [1.54, 1.807) is 6.07 Å². The van der Waals surface area contributed by atoms with Crippen LogP contribution in [-0.2, 0) is 32.3 Å². The van der Waals surface area contributed by atoms with Gasteiger partial charge in [0.05, 0.1) is 0 Å². The number of fused-ring (bicyclic) bond motifs is 6. The standard InChI is InChI=1S/C24H21FO/c25-23-14-18-8-9-19(23)10-11-22-21-2-1-3-24(22)26-15-17-6-4-16(5-7-17)12-20(21)13-18/h1-9,14,20H,10-13,15H2. The molecular formula is C24H21FO. The zero-order chi connectivity index (χ0) is 17.5. The highest BCUT2D eigenvalue weighted by atomic mass is 19.1. The van der Waals surface area contributed by atoms with E-state index in [9.17, 15) is 4.39 Å². The van der Waals surface area contributed by atoms with E-state index in [0.717, 1.165) is 36.1 Å². The maximum Gasteiger partial charge on any atom is 0.126 e. The lowest BCUT2D eigenvalue weighted by molar-refractivity contribution is 0.302. The van der Waals surface area contributed by atoms with Gasteiger partial charge in [0, 0.05) is 0 Å². The number of hydrogen-bond donors (Lipinski definition) is 0. The molecule has 1 nitrogen and oxygen atoms in total. The highest BCUT2D eigenvalue weighted by molar-refractivity contribution is 5.45. The van der Waals surface area contributed by atoms with Gasteiger partial charge in [0.2, 0.25) is 0 Å². The van der Waals surface area contributed by atoms with Crippen LogP contribution in [0.1, 0.15) is 39.3 Å². The second-order valence-electron chi connectivity index (χ2n) is 7.46. The quantitative estimate of drug-likeness (QED) is 0.531. The highest BCUT2D eigenvalue weighted by Gasteiger charge is 2.23. The van der Waals surface area contributed by atoms with Crippen LogP contribution in [0.5, 0.6) is 5.75 Å². The van der Waals surface area contributed by atoms with Crippen molar-refractivity contribution in [1.29, 1.82) is 0 Å². The van der Waals surface area contributed by atoms with Crippen molar-refractivity contribution in [3.8, 4) is 5.75 Å². The van der Waals surface area contributed by atoms with Crippen LogP contribution in [0.3, 0.4) is 0 Å². The highest BCUT2D eigenvalue weighted by Crippen LogP contribution is 2.36. The van der Waals surface area contributed by atoms with E-state index in [2.05, 4.69) is 48.5 Å². The van der Waals surface area contributed by atoms with Crippen LogP contribution in [0, 0.1) is 5.82 Å². The average molecular weight is 344 g/mol. The molecule has 3 aromatic carbocycles. The lowest BCUT2D eigenvalue weighted by atomic mass is 9.81. The van der Waals surface area contributed by atoms with E-state index in [1.165, 1.54) is 22.3 Å². The molecule has 0 saturated heterocycles. The minimum atomic E-state index is -0.0728. The summed E-state index contributed by atoms with van der Waals surface area (Å²) in [4.78, 5) is 0. The first-order chi connectivity index (χ1) is 12.8. The SMILES string of the molecule is Fc1cc2ccc1CCc1c3cccc1C(Cc1ccc(cc1)CO3)C2. The number of halogens is 1. The van der Waals surface area contributed by atoms with Gasteiger partial charge in [-0.2, -0.15) is 0 Å². The lowest BCUT2D eigenvalue weighted by Gasteiger charge is -2.24. The van der Waals surface area contributed by atoms with Crippen molar-refractivity contribution >= 4 is 0 Å². The van der Waals surface area contributed by atoms with E-state index < -0.39 is 0 Å². The van der Waals surface area contributed by atoms with E-state index in [1.807, 2.05) is 6.07 Å². The molecule has 26 heavy (non-hydrogen) atoms. The summed E-state index contributed by atoms with van der Waals surface area (Å²) >= 11 is 0. The molecule has 0 saturated carbocycles. The molecular weight excluding hydrogens is 323 g/mol. The summed E-state index contributed by atoms with van der Waals surface area (Å²) in [6.07, 6.45) is 3.31. The smallest absolute Gasteiger partial charge is 0.126 e. The molecule has 0 amide bonds. The molecule has 1 atom stereocenters. The molecule has 2 heteroatoms. The van der Waals surface area contributed by atoms with Gasteiger partial charge in [-0.1, -0.05) is 48.5 Å². The largest absolute Gasteiger partial charge is 0.489 e. The van der Waals surface area contributed by atoms with E-state index >= 15 is 0 Å². The van der Waals surface area contributed by atoms with E-state index in [4.69, 9.17) is 4.74 Å². The van der Waals surface area contributed by atoms with Gasteiger partial charge < -0.3 is 4.74 Å². The van der Waals surface area contributed by atoms with Gasteiger partial charge in [-0.05, 0) is 77.1 Å². The predicted octanol–water partition coefficient (Wildman–Crippen LogP) is 5.39. The van der Waals surface area contributed by atoms with Crippen LogP contribution in [0.15, 0.2) is 60.7 Å². The molecule has 1 unspecified atom stereocenters. The zero-order valence-corrected chi connectivity index (χ0v) is 14.7. The molecule has 0 N–H and O–H groups in total. The first kappa shape index (κ1) is 15.6. The Hall–Kier alpha value is -2.61. The number of hydrogen-bond acceptors (Lipinski definition) is 1. The Morgan fingerprint density at radius 1 is 0.808 bits per heavy atom. The molecule has 0 fully saturated rings. The van der Waals surface area contributed by atoms with Crippen LogP contribution in [0.4, 0.5) is 4.39 Å². The van der Waals surface area contributed by atoms with Crippen LogP contribution in [0.25, 0.3) is 0 Å². The van der Waals surface area contributed by atoms with Crippen LogP contribution < -0.4 is 4.74 Å². The van der Waals surface area contributed by atoms with E-state index in [0.29, 0.717) is 18.9 Å².